The van der Waals surface area contributed by atoms with Crippen molar-refractivity contribution in [1.29, 1.82) is 0 Å². The van der Waals surface area contributed by atoms with Crippen molar-refractivity contribution < 1.29 is 4.79 Å². The molecule has 2 heterocycles. The van der Waals surface area contributed by atoms with Crippen molar-refractivity contribution in [3.05, 3.63) is 29.6 Å². The van der Waals surface area contributed by atoms with Crippen LogP contribution >= 0.6 is 0 Å². The minimum absolute atomic E-state index is 0.0564. The van der Waals surface area contributed by atoms with Crippen LogP contribution in [0.25, 0.3) is 5.65 Å². The summed E-state index contributed by atoms with van der Waals surface area (Å²) in [6, 6.07) is 3.82. The molecule has 6 heteroatoms. The number of imidazole rings is 1. The van der Waals surface area contributed by atoms with Crippen molar-refractivity contribution in [2.45, 2.75) is 59.9 Å². The van der Waals surface area contributed by atoms with Crippen molar-refractivity contribution in [2.24, 2.45) is 5.92 Å². The summed E-state index contributed by atoms with van der Waals surface area (Å²) in [6.45, 7) is 15.5. The summed E-state index contributed by atoms with van der Waals surface area (Å²) < 4.78 is 2.10. The molecule has 0 unspecified atom stereocenters. The monoisotopic (exact) mass is 401 g/mol. The molecule has 0 radical (unpaired) electrons. The number of hydrogen-bond donors (Lipinski definition) is 1. The molecule has 0 aliphatic carbocycles. The van der Waals surface area contributed by atoms with Gasteiger partial charge in [-0.25, -0.2) is 4.98 Å². The number of aryl methyl sites for hydroxylation is 1. The maximum absolute atomic E-state index is 12.7. The highest BCUT2D eigenvalue weighted by Crippen LogP contribution is 2.25. The van der Waals surface area contributed by atoms with Gasteiger partial charge in [-0.2, -0.15) is 0 Å². The highest BCUT2D eigenvalue weighted by atomic mass is 16.1. The third-order valence-electron chi connectivity index (χ3n) is 4.84. The summed E-state index contributed by atoms with van der Waals surface area (Å²) in [5.41, 5.74) is 2.36. The molecule has 2 aromatic rings. The van der Waals surface area contributed by atoms with Crippen LogP contribution in [0.15, 0.2) is 18.3 Å². The molecule has 6 nitrogen and oxygen atoms in total. The summed E-state index contributed by atoms with van der Waals surface area (Å²) in [6.07, 6.45) is 3.92. The minimum atomic E-state index is -0.270. The number of rotatable bonds is 9. The van der Waals surface area contributed by atoms with Crippen LogP contribution in [0.3, 0.4) is 0 Å². The van der Waals surface area contributed by atoms with E-state index in [0.717, 1.165) is 49.6 Å². The fourth-order valence-corrected chi connectivity index (χ4v) is 3.26. The number of anilines is 1. The van der Waals surface area contributed by atoms with E-state index in [1.807, 2.05) is 39.1 Å². The number of hydrogen-bond acceptors (Lipinski definition) is 4. The summed E-state index contributed by atoms with van der Waals surface area (Å²) in [5.74, 6) is 1.70. The molecule has 2 rings (SSSR count). The lowest BCUT2D eigenvalue weighted by molar-refractivity contribution is 0.0919. The molecule has 0 saturated carbocycles. The van der Waals surface area contributed by atoms with E-state index in [1.165, 1.54) is 0 Å². The highest BCUT2D eigenvalue weighted by molar-refractivity contribution is 5.94. The summed E-state index contributed by atoms with van der Waals surface area (Å²) >= 11 is 0. The minimum Gasteiger partial charge on any atom is -0.355 e. The zero-order chi connectivity index (χ0) is 21.8. The van der Waals surface area contributed by atoms with Gasteiger partial charge in [-0.1, -0.05) is 20.8 Å². The lowest BCUT2D eigenvalue weighted by Gasteiger charge is -2.27. The predicted octanol–water partition coefficient (Wildman–Crippen LogP) is 3.84. The first kappa shape index (κ1) is 23.2. The lowest BCUT2D eigenvalue weighted by Crippen LogP contribution is -2.40. The summed E-state index contributed by atoms with van der Waals surface area (Å²) in [5, 5.41) is 3.06. The lowest BCUT2D eigenvalue weighted by atomic mass is 10.1. The molecule has 29 heavy (non-hydrogen) atoms. The smallest absolute Gasteiger partial charge is 0.253 e. The third kappa shape index (κ3) is 6.46. The Balaban J connectivity index is 2.48. The van der Waals surface area contributed by atoms with E-state index >= 15 is 0 Å². The zero-order valence-electron chi connectivity index (χ0n) is 19.5. The largest absolute Gasteiger partial charge is 0.355 e. The van der Waals surface area contributed by atoms with Crippen LogP contribution in [0.1, 0.15) is 64.0 Å². The Morgan fingerprint density at radius 2 is 1.86 bits per heavy atom. The van der Waals surface area contributed by atoms with Crippen LogP contribution < -0.4 is 10.2 Å². The molecular weight excluding hydrogens is 362 g/mol. The van der Waals surface area contributed by atoms with Crippen LogP contribution in [0.2, 0.25) is 0 Å². The van der Waals surface area contributed by atoms with Gasteiger partial charge in [0.1, 0.15) is 11.5 Å². The average Bonchev–Trinajstić information content (AvgIpc) is 2.97. The Kier molecular flexibility index (Phi) is 7.69. The number of likely N-dealkylation sites (N-methyl/N-ethyl adjacent to an activating group) is 1. The molecule has 0 aliphatic heterocycles. The second kappa shape index (κ2) is 9.61. The van der Waals surface area contributed by atoms with Gasteiger partial charge < -0.3 is 15.1 Å². The summed E-state index contributed by atoms with van der Waals surface area (Å²) in [4.78, 5) is 22.2. The van der Waals surface area contributed by atoms with E-state index in [9.17, 15) is 4.79 Å². The molecule has 0 fully saturated rings. The van der Waals surface area contributed by atoms with Gasteiger partial charge in [0.15, 0.2) is 0 Å². The molecule has 0 saturated heterocycles. The number of nitrogens with one attached hydrogen (secondary N) is 1. The Morgan fingerprint density at radius 3 is 2.41 bits per heavy atom. The van der Waals surface area contributed by atoms with Crippen molar-refractivity contribution in [2.75, 3.05) is 38.6 Å². The van der Waals surface area contributed by atoms with Crippen molar-refractivity contribution in [3.8, 4) is 0 Å². The predicted molar refractivity (Wildman–Crippen MR) is 122 cm³/mol. The first-order valence-corrected chi connectivity index (χ1v) is 10.7. The first-order valence-electron chi connectivity index (χ1n) is 10.7. The van der Waals surface area contributed by atoms with Gasteiger partial charge in [0, 0.05) is 31.4 Å². The molecule has 0 atom stereocenters. The van der Waals surface area contributed by atoms with E-state index in [1.54, 1.807) is 0 Å². The standard InChI is InChI=1S/C23H39N5O/c1-9-19-22(27(13-12-17(2)3)15-14-26(7)8)28-16-18(10-11-20(28)24-19)21(29)25-23(4,5)6/h10-11,16-17H,9,12-15H2,1-8H3,(H,25,29). The summed E-state index contributed by atoms with van der Waals surface area (Å²) in [7, 11) is 4.20. The van der Waals surface area contributed by atoms with Crippen molar-refractivity contribution in [3.63, 3.8) is 0 Å². The normalized spacial score (nSPS) is 12.2. The van der Waals surface area contributed by atoms with Crippen LogP contribution in [-0.2, 0) is 6.42 Å². The average molecular weight is 402 g/mol. The second-order valence-corrected chi connectivity index (χ2v) is 9.56. The van der Waals surface area contributed by atoms with E-state index in [0.29, 0.717) is 11.5 Å². The molecule has 2 aromatic heterocycles. The van der Waals surface area contributed by atoms with Crippen LogP contribution in [0, 0.1) is 5.92 Å². The maximum Gasteiger partial charge on any atom is 0.253 e. The van der Waals surface area contributed by atoms with E-state index in [-0.39, 0.29) is 11.4 Å². The molecule has 0 spiro atoms. The van der Waals surface area contributed by atoms with E-state index < -0.39 is 0 Å². The number of nitrogens with zero attached hydrogens (tertiary/aromatic N) is 4. The fourth-order valence-electron chi connectivity index (χ4n) is 3.26. The van der Waals surface area contributed by atoms with Crippen LogP contribution in [0.5, 0.6) is 0 Å². The topological polar surface area (TPSA) is 52.9 Å². The molecule has 1 amide bonds. The van der Waals surface area contributed by atoms with Gasteiger partial charge in [-0.3, -0.25) is 9.20 Å². The van der Waals surface area contributed by atoms with Gasteiger partial charge >= 0.3 is 0 Å². The molecular formula is C23H39N5O. The first-order chi connectivity index (χ1) is 13.5. The molecule has 0 aliphatic rings. The number of pyridine rings is 1. The van der Waals surface area contributed by atoms with Crippen LogP contribution in [-0.4, -0.2) is 59.5 Å². The van der Waals surface area contributed by atoms with Gasteiger partial charge in [0.25, 0.3) is 5.91 Å². The Morgan fingerprint density at radius 1 is 1.17 bits per heavy atom. The Hall–Kier alpha value is -2.08. The van der Waals surface area contributed by atoms with E-state index in [2.05, 4.69) is 54.4 Å². The number of carbonyl (C=O) groups excluding carboxylic acids is 1. The van der Waals surface area contributed by atoms with Gasteiger partial charge in [0.2, 0.25) is 0 Å². The second-order valence-electron chi connectivity index (χ2n) is 9.56. The highest BCUT2D eigenvalue weighted by Gasteiger charge is 2.21. The maximum atomic E-state index is 12.7. The van der Waals surface area contributed by atoms with Crippen molar-refractivity contribution in [1.82, 2.24) is 19.6 Å². The number of fused-ring (bicyclic) bond motifs is 1. The SMILES string of the molecule is CCc1nc2ccc(C(=O)NC(C)(C)C)cn2c1N(CCC(C)C)CCN(C)C. The number of aromatic nitrogens is 2. The zero-order valence-corrected chi connectivity index (χ0v) is 19.5. The Bertz CT molecular complexity index is 805. The van der Waals surface area contributed by atoms with E-state index in [4.69, 9.17) is 4.98 Å². The third-order valence-corrected chi connectivity index (χ3v) is 4.84. The van der Waals surface area contributed by atoms with Gasteiger partial charge in [-0.15, -0.1) is 0 Å². The molecule has 0 bridgehead atoms. The Labute approximate surface area is 176 Å². The fraction of sp³-hybridized carbons (Fsp3) is 0.652. The quantitative estimate of drug-likeness (QED) is 0.694. The number of amides is 1. The van der Waals surface area contributed by atoms with Crippen molar-refractivity contribution >= 4 is 17.4 Å². The molecule has 162 valence electrons. The van der Waals surface area contributed by atoms with Gasteiger partial charge in [0.05, 0.1) is 11.3 Å². The molecule has 0 aromatic carbocycles. The van der Waals surface area contributed by atoms with Crippen LogP contribution in [0.4, 0.5) is 5.82 Å². The van der Waals surface area contributed by atoms with Gasteiger partial charge in [-0.05, 0) is 65.8 Å². The molecule has 1 N–H and O–H groups in total. The number of carbonyl (C=O) groups is 1.